The second-order valence-corrected chi connectivity index (χ2v) is 4.87. The van der Waals surface area contributed by atoms with Gasteiger partial charge in [-0.2, -0.15) is 0 Å². The van der Waals surface area contributed by atoms with Crippen LogP contribution in [0.25, 0.3) is 0 Å². The van der Waals surface area contributed by atoms with E-state index >= 15 is 0 Å². The summed E-state index contributed by atoms with van der Waals surface area (Å²) in [7, 11) is 0. The summed E-state index contributed by atoms with van der Waals surface area (Å²) in [6.45, 7) is 3.88. The van der Waals surface area contributed by atoms with Gasteiger partial charge in [0.05, 0.1) is 12.2 Å². The van der Waals surface area contributed by atoms with E-state index in [0.29, 0.717) is 24.4 Å². The van der Waals surface area contributed by atoms with Crippen molar-refractivity contribution in [1.29, 1.82) is 0 Å². The molecule has 0 aliphatic heterocycles. The summed E-state index contributed by atoms with van der Waals surface area (Å²) < 4.78 is 6.19. The molecule has 0 aromatic heterocycles. The molecule has 0 spiro atoms. The smallest absolute Gasteiger partial charge is 0.253 e. The van der Waals surface area contributed by atoms with Crippen molar-refractivity contribution in [3.63, 3.8) is 0 Å². The molecular formula is C13H19BrN2O2. The molecule has 4 nitrogen and oxygen atoms in total. The van der Waals surface area contributed by atoms with Crippen molar-refractivity contribution in [3.8, 4) is 0 Å². The number of benzene rings is 1. The van der Waals surface area contributed by atoms with Crippen molar-refractivity contribution in [2.75, 3.05) is 25.5 Å². The third-order valence-corrected chi connectivity index (χ3v) is 2.93. The number of unbranched alkanes of at least 4 members (excludes halogenated alkanes) is 1. The molecule has 0 atom stereocenters. The molecule has 0 aliphatic rings. The van der Waals surface area contributed by atoms with E-state index in [1.54, 1.807) is 18.2 Å². The van der Waals surface area contributed by atoms with Crippen LogP contribution in [0.3, 0.4) is 0 Å². The first-order valence-corrected chi connectivity index (χ1v) is 6.85. The summed E-state index contributed by atoms with van der Waals surface area (Å²) in [5, 5.41) is 2.78. The standard InChI is InChI=1S/C13H19BrN2O2/c1-2-3-7-18-8-6-16-13(17)11-9-10(14)4-5-12(11)15/h4-5,9H,2-3,6-8,15H2,1H3,(H,16,17). The first-order valence-electron chi connectivity index (χ1n) is 6.06. The molecule has 0 saturated heterocycles. The van der Waals surface area contributed by atoms with Gasteiger partial charge in [-0.25, -0.2) is 0 Å². The maximum atomic E-state index is 11.8. The SMILES string of the molecule is CCCCOCCNC(=O)c1cc(Br)ccc1N. The Bertz CT molecular complexity index is 397. The lowest BCUT2D eigenvalue weighted by atomic mass is 10.1. The summed E-state index contributed by atoms with van der Waals surface area (Å²) in [6.07, 6.45) is 2.16. The van der Waals surface area contributed by atoms with Crippen molar-refractivity contribution in [2.24, 2.45) is 0 Å². The van der Waals surface area contributed by atoms with Crippen LogP contribution >= 0.6 is 15.9 Å². The molecule has 5 heteroatoms. The Hall–Kier alpha value is -1.07. The van der Waals surface area contributed by atoms with Gasteiger partial charge in [-0.1, -0.05) is 29.3 Å². The third kappa shape index (κ3) is 5.06. The van der Waals surface area contributed by atoms with Crippen LogP contribution in [-0.2, 0) is 4.74 Å². The number of carbonyl (C=O) groups excluding carboxylic acids is 1. The zero-order valence-electron chi connectivity index (χ0n) is 10.5. The van der Waals surface area contributed by atoms with Crippen LogP contribution in [0.1, 0.15) is 30.1 Å². The van der Waals surface area contributed by atoms with E-state index in [1.165, 1.54) is 0 Å². The molecule has 18 heavy (non-hydrogen) atoms. The van der Waals surface area contributed by atoms with E-state index in [4.69, 9.17) is 10.5 Å². The Morgan fingerprint density at radius 3 is 2.94 bits per heavy atom. The van der Waals surface area contributed by atoms with E-state index < -0.39 is 0 Å². The molecule has 0 radical (unpaired) electrons. The largest absolute Gasteiger partial charge is 0.398 e. The van der Waals surface area contributed by atoms with Gasteiger partial charge in [-0.15, -0.1) is 0 Å². The predicted molar refractivity (Wildman–Crippen MR) is 76.6 cm³/mol. The molecule has 1 rings (SSSR count). The fraction of sp³-hybridized carbons (Fsp3) is 0.462. The van der Waals surface area contributed by atoms with Gasteiger partial charge in [-0.3, -0.25) is 4.79 Å². The van der Waals surface area contributed by atoms with Crippen LogP contribution in [-0.4, -0.2) is 25.7 Å². The molecule has 0 bridgehead atoms. The van der Waals surface area contributed by atoms with Gasteiger partial charge in [0, 0.05) is 23.3 Å². The number of amides is 1. The number of nitrogen functional groups attached to an aromatic ring is 1. The Morgan fingerprint density at radius 2 is 2.22 bits per heavy atom. The molecule has 0 fully saturated rings. The summed E-state index contributed by atoms with van der Waals surface area (Å²) in [5.41, 5.74) is 6.71. The van der Waals surface area contributed by atoms with E-state index in [-0.39, 0.29) is 5.91 Å². The number of nitrogens with two attached hydrogens (primary N) is 1. The second-order valence-electron chi connectivity index (χ2n) is 3.95. The van der Waals surface area contributed by atoms with Gasteiger partial charge in [0.2, 0.25) is 0 Å². The highest BCUT2D eigenvalue weighted by molar-refractivity contribution is 9.10. The van der Waals surface area contributed by atoms with Crippen LogP contribution in [0, 0.1) is 0 Å². The molecule has 3 N–H and O–H groups in total. The molecule has 0 unspecified atom stereocenters. The fourth-order valence-electron chi connectivity index (χ4n) is 1.41. The van der Waals surface area contributed by atoms with E-state index in [9.17, 15) is 4.79 Å². The second kappa shape index (κ2) is 8.11. The van der Waals surface area contributed by atoms with Crippen LogP contribution in [0.2, 0.25) is 0 Å². The number of halogens is 1. The molecule has 0 aliphatic carbocycles. The number of carbonyl (C=O) groups is 1. The minimum atomic E-state index is -0.173. The number of nitrogens with one attached hydrogen (secondary N) is 1. The van der Waals surface area contributed by atoms with Gasteiger partial charge >= 0.3 is 0 Å². The summed E-state index contributed by atoms with van der Waals surface area (Å²) in [5.74, 6) is -0.173. The first-order chi connectivity index (χ1) is 8.65. The van der Waals surface area contributed by atoms with Gasteiger partial charge in [0.1, 0.15) is 0 Å². The van der Waals surface area contributed by atoms with Gasteiger partial charge < -0.3 is 15.8 Å². The fourth-order valence-corrected chi connectivity index (χ4v) is 1.77. The molecule has 100 valence electrons. The summed E-state index contributed by atoms with van der Waals surface area (Å²) in [4.78, 5) is 11.8. The van der Waals surface area contributed by atoms with Gasteiger partial charge in [0.15, 0.2) is 0 Å². The molecule has 0 saturated carbocycles. The quantitative estimate of drug-likeness (QED) is 0.600. The van der Waals surface area contributed by atoms with Crippen molar-refractivity contribution < 1.29 is 9.53 Å². The molecule has 1 aromatic rings. The van der Waals surface area contributed by atoms with Crippen molar-refractivity contribution in [1.82, 2.24) is 5.32 Å². The number of hydrogen-bond donors (Lipinski definition) is 2. The Labute approximate surface area is 116 Å². The van der Waals surface area contributed by atoms with E-state index in [2.05, 4.69) is 28.2 Å². The molecule has 0 heterocycles. The van der Waals surface area contributed by atoms with Crippen molar-refractivity contribution >= 4 is 27.5 Å². The van der Waals surface area contributed by atoms with Crippen LogP contribution in [0.15, 0.2) is 22.7 Å². The Morgan fingerprint density at radius 1 is 1.44 bits per heavy atom. The lowest BCUT2D eigenvalue weighted by Crippen LogP contribution is -2.28. The molecule has 1 aromatic carbocycles. The number of rotatable bonds is 7. The maximum absolute atomic E-state index is 11.8. The van der Waals surface area contributed by atoms with Crippen molar-refractivity contribution in [2.45, 2.75) is 19.8 Å². The third-order valence-electron chi connectivity index (χ3n) is 2.43. The average molecular weight is 315 g/mol. The highest BCUT2D eigenvalue weighted by Crippen LogP contribution is 2.18. The van der Waals surface area contributed by atoms with Crippen molar-refractivity contribution in [3.05, 3.63) is 28.2 Å². The van der Waals surface area contributed by atoms with Crippen LogP contribution in [0.5, 0.6) is 0 Å². The summed E-state index contributed by atoms with van der Waals surface area (Å²) in [6, 6.07) is 5.22. The first kappa shape index (κ1) is 15.0. The summed E-state index contributed by atoms with van der Waals surface area (Å²) >= 11 is 3.31. The molecule has 1 amide bonds. The zero-order valence-corrected chi connectivity index (χ0v) is 12.1. The minimum absolute atomic E-state index is 0.173. The molecular weight excluding hydrogens is 296 g/mol. The monoisotopic (exact) mass is 314 g/mol. The van der Waals surface area contributed by atoms with E-state index in [1.807, 2.05) is 0 Å². The minimum Gasteiger partial charge on any atom is -0.398 e. The average Bonchev–Trinajstić information content (AvgIpc) is 2.36. The van der Waals surface area contributed by atoms with E-state index in [0.717, 1.165) is 23.9 Å². The predicted octanol–water partition coefficient (Wildman–Crippen LogP) is 2.58. The van der Waals surface area contributed by atoms with Crippen LogP contribution < -0.4 is 11.1 Å². The van der Waals surface area contributed by atoms with Gasteiger partial charge in [-0.05, 0) is 24.6 Å². The zero-order chi connectivity index (χ0) is 13.4. The number of hydrogen-bond acceptors (Lipinski definition) is 3. The Kier molecular flexibility index (Phi) is 6.75. The lowest BCUT2D eigenvalue weighted by Gasteiger charge is -2.08. The van der Waals surface area contributed by atoms with Crippen LogP contribution in [0.4, 0.5) is 5.69 Å². The highest BCUT2D eigenvalue weighted by Gasteiger charge is 2.09. The number of ether oxygens (including phenoxy) is 1. The van der Waals surface area contributed by atoms with Gasteiger partial charge in [0.25, 0.3) is 5.91 Å². The lowest BCUT2D eigenvalue weighted by molar-refractivity contribution is 0.0913. The highest BCUT2D eigenvalue weighted by atomic mass is 79.9. The number of anilines is 1. The maximum Gasteiger partial charge on any atom is 0.253 e. The topological polar surface area (TPSA) is 64.3 Å². The normalized spacial score (nSPS) is 10.3. The Balaban J connectivity index is 2.34.